The first-order valence-corrected chi connectivity index (χ1v) is 12.0. The van der Waals surface area contributed by atoms with Crippen molar-refractivity contribution in [3.8, 4) is 0 Å². The van der Waals surface area contributed by atoms with Crippen LogP contribution in [0.4, 0.5) is 0 Å². The molecule has 1 N–H and O–H groups in total. The lowest BCUT2D eigenvalue weighted by Crippen LogP contribution is -2.23. The molecular formula is C20H38BrNO2S. The molecule has 0 bridgehead atoms. The van der Waals surface area contributed by atoms with E-state index in [2.05, 4.69) is 28.2 Å². The van der Waals surface area contributed by atoms with Crippen LogP contribution >= 0.6 is 27.7 Å². The van der Waals surface area contributed by atoms with Crippen molar-refractivity contribution in [2.45, 2.75) is 102 Å². The van der Waals surface area contributed by atoms with E-state index in [1.165, 1.54) is 89.3 Å². The second kappa shape index (κ2) is 18.8. The van der Waals surface area contributed by atoms with Gasteiger partial charge in [0.1, 0.15) is 0 Å². The largest absolute Gasteiger partial charge is 0.356 e. The van der Waals surface area contributed by atoms with E-state index in [9.17, 15) is 9.59 Å². The van der Waals surface area contributed by atoms with Crippen molar-refractivity contribution in [1.82, 2.24) is 5.32 Å². The molecule has 0 aliphatic rings. The Morgan fingerprint density at radius 1 is 0.880 bits per heavy atom. The molecule has 0 spiro atoms. The van der Waals surface area contributed by atoms with E-state index < -0.39 is 0 Å². The maximum Gasteiger partial charge on any atom is 0.216 e. The molecule has 0 rings (SSSR count). The van der Waals surface area contributed by atoms with Gasteiger partial charge in [0, 0.05) is 19.2 Å². The zero-order chi connectivity index (χ0) is 18.8. The minimum atomic E-state index is -0.0436. The van der Waals surface area contributed by atoms with Crippen LogP contribution in [0.2, 0.25) is 0 Å². The Kier molecular flexibility index (Phi) is 18.7. The zero-order valence-corrected chi connectivity index (χ0v) is 18.7. The molecule has 0 aromatic heterocycles. The Labute approximate surface area is 168 Å². The van der Waals surface area contributed by atoms with Crippen molar-refractivity contribution in [3.63, 3.8) is 0 Å². The first-order valence-electron chi connectivity index (χ1n) is 10.1. The maximum absolute atomic E-state index is 11.9. The molecule has 0 aromatic rings. The SMILES string of the molecule is CCCCCCCCCCCCCCC(Br)C(=O)SCCNC(C)=O. The fourth-order valence-electron chi connectivity index (χ4n) is 2.75. The number of rotatable bonds is 17. The van der Waals surface area contributed by atoms with E-state index in [-0.39, 0.29) is 15.8 Å². The van der Waals surface area contributed by atoms with Gasteiger partial charge in [0.25, 0.3) is 0 Å². The molecule has 0 fully saturated rings. The van der Waals surface area contributed by atoms with E-state index in [1.807, 2.05) is 0 Å². The number of nitrogens with one attached hydrogen (secondary N) is 1. The highest BCUT2D eigenvalue weighted by Crippen LogP contribution is 2.19. The smallest absolute Gasteiger partial charge is 0.216 e. The highest BCUT2D eigenvalue weighted by atomic mass is 79.9. The van der Waals surface area contributed by atoms with Crippen LogP contribution in [0.25, 0.3) is 0 Å². The van der Waals surface area contributed by atoms with Gasteiger partial charge in [-0.1, -0.05) is 112 Å². The van der Waals surface area contributed by atoms with E-state index >= 15 is 0 Å². The van der Waals surface area contributed by atoms with Gasteiger partial charge < -0.3 is 5.32 Å². The van der Waals surface area contributed by atoms with Gasteiger partial charge in [-0.05, 0) is 6.42 Å². The molecule has 1 unspecified atom stereocenters. The molecule has 0 aliphatic carbocycles. The molecule has 5 heteroatoms. The monoisotopic (exact) mass is 435 g/mol. The Hall–Kier alpha value is -0.0300. The number of carbonyl (C=O) groups is 2. The normalized spacial score (nSPS) is 12.1. The van der Waals surface area contributed by atoms with Crippen LogP contribution in [-0.2, 0) is 9.59 Å². The van der Waals surface area contributed by atoms with Gasteiger partial charge in [-0.25, -0.2) is 0 Å². The van der Waals surface area contributed by atoms with Crippen molar-refractivity contribution < 1.29 is 9.59 Å². The topological polar surface area (TPSA) is 46.2 Å². The van der Waals surface area contributed by atoms with Crippen molar-refractivity contribution in [2.75, 3.05) is 12.3 Å². The van der Waals surface area contributed by atoms with Crippen LogP contribution in [0.1, 0.15) is 97.3 Å². The van der Waals surface area contributed by atoms with Gasteiger partial charge in [0.15, 0.2) is 0 Å². The van der Waals surface area contributed by atoms with Crippen LogP contribution in [0, 0.1) is 0 Å². The molecule has 3 nitrogen and oxygen atoms in total. The molecule has 1 amide bonds. The van der Waals surface area contributed by atoms with E-state index in [1.54, 1.807) is 0 Å². The number of hydrogen-bond donors (Lipinski definition) is 1. The molecular weight excluding hydrogens is 398 g/mol. The minimum Gasteiger partial charge on any atom is -0.356 e. The molecule has 0 heterocycles. The Bertz CT molecular complexity index is 340. The quantitative estimate of drug-likeness (QED) is 0.217. The summed E-state index contributed by atoms with van der Waals surface area (Å²) < 4.78 is 0. The lowest BCUT2D eigenvalue weighted by molar-refractivity contribution is -0.118. The lowest BCUT2D eigenvalue weighted by Gasteiger charge is -2.08. The first kappa shape index (κ1) is 25.0. The van der Waals surface area contributed by atoms with E-state index in [4.69, 9.17) is 0 Å². The summed E-state index contributed by atoms with van der Waals surface area (Å²) in [6, 6.07) is 0. The van der Waals surface area contributed by atoms with Gasteiger partial charge >= 0.3 is 0 Å². The highest BCUT2D eigenvalue weighted by molar-refractivity contribution is 9.10. The van der Waals surface area contributed by atoms with Crippen molar-refractivity contribution in [1.29, 1.82) is 0 Å². The summed E-state index contributed by atoms with van der Waals surface area (Å²) in [5.74, 6) is 0.610. The zero-order valence-electron chi connectivity index (χ0n) is 16.3. The lowest BCUT2D eigenvalue weighted by atomic mass is 10.0. The average molecular weight is 437 g/mol. The molecule has 0 radical (unpaired) electrons. The summed E-state index contributed by atoms with van der Waals surface area (Å²) in [6.45, 7) is 4.32. The second-order valence-electron chi connectivity index (χ2n) is 6.80. The van der Waals surface area contributed by atoms with Gasteiger partial charge in [0.05, 0.1) is 4.83 Å². The van der Waals surface area contributed by atoms with Gasteiger partial charge in [0.2, 0.25) is 11.0 Å². The van der Waals surface area contributed by atoms with Crippen LogP contribution < -0.4 is 5.32 Å². The van der Waals surface area contributed by atoms with Gasteiger partial charge in [-0.3, -0.25) is 9.59 Å². The number of carbonyl (C=O) groups excluding carboxylic acids is 2. The summed E-state index contributed by atoms with van der Waals surface area (Å²) >= 11 is 4.81. The van der Waals surface area contributed by atoms with Gasteiger partial charge in [-0.15, -0.1) is 0 Å². The van der Waals surface area contributed by atoms with Crippen molar-refractivity contribution in [3.05, 3.63) is 0 Å². The van der Waals surface area contributed by atoms with Crippen LogP contribution in [-0.4, -0.2) is 28.1 Å². The number of thioether (sulfide) groups is 1. The third-order valence-electron chi connectivity index (χ3n) is 4.29. The molecule has 148 valence electrons. The summed E-state index contributed by atoms with van der Waals surface area (Å²) in [5.41, 5.74) is 0. The molecule has 0 aromatic carbocycles. The number of halogens is 1. The van der Waals surface area contributed by atoms with E-state index in [0.717, 1.165) is 12.8 Å². The van der Waals surface area contributed by atoms with Gasteiger partial charge in [-0.2, -0.15) is 0 Å². The molecule has 25 heavy (non-hydrogen) atoms. The number of hydrogen-bond acceptors (Lipinski definition) is 3. The summed E-state index contributed by atoms with van der Waals surface area (Å²) in [6.07, 6.45) is 17.0. The number of amides is 1. The van der Waals surface area contributed by atoms with Crippen LogP contribution in [0.15, 0.2) is 0 Å². The summed E-state index contributed by atoms with van der Waals surface area (Å²) in [4.78, 5) is 22.6. The Morgan fingerprint density at radius 3 is 1.84 bits per heavy atom. The summed E-state index contributed by atoms with van der Waals surface area (Å²) in [5, 5.41) is 2.89. The molecule has 0 saturated heterocycles. The summed E-state index contributed by atoms with van der Waals surface area (Å²) in [7, 11) is 0. The Morgan fingerprint density at radius 2 is 1.36 bits per heavy atom. The predicted molar refractivity (Wildman–Crippen MR) is 115 cm³/mol. The minimum absolute atomic E-state index is 0.0417. The number of alkyl halides is 1. The van der Waals surface area contributed by atoms with E-state index in [0.29, 0.717) is 12.3 Å². The number of unbranched alkanes of at least 4 members (excludes halogenated alkanes) is 11. The fraction of sp³-hybridized carbons (Fsp3) is 0.900. The first-order chi connectivity index (χ1) is 12.1. The highest BCUT2D eigenvalue weighted by Gasteiger charge is 2.14. The predicted octanol–water partition coefficient (Wildman–Crippen LogP) is 6.24. The van der Waals surface area contributed by atoms with Crippen LogP contribution in [0.3, 0.4) is 0 Å². The molecule has 0 saturated carbocycles. The Balaban J connectivity index is 3.32. The van der Waals surface area contributed by atoms with Crippen LogP contribution in [0.5, 0.6) is 0 Å². The second-order valence-corrected chi connectivity index (χ2v) is 9.00. The fourth-order valence-corrected chi connectivity index (χ4v) is 4.18. The van der Waals surface area contributed by atoms with Crippen molar-refractivity contribution in [2.24, 2.45) is 0 Å². The van der Waals surface area contributed by atoms with Crippen molar-refractivity contribution >= 4 is 38.7 Å². The standard InChI is InChI=1S/C20H38BrNO2S/c1-3-4-5-6-7-8-9-10-11-12-13-14-15-19(21)20(24)25-17-16-22-18(2)23/h19H,3-17H2,1-2H3,(H,22,23). The average Bonchev–Trinajstić information content (AvgIpc) is 2.59. The molecule has 0 aliphatic heterocycles. The molecule has 1 atom stereocenters. The third-order valence-corrected chi connectivity index (χ3v) is 6.44. The third kappa shape index (κ3) is 18.6. The maximum atomic E-state index is 11.9.